The van der Waals surface area contributed by atoms with Gasteiger partial charge in [0.25, 0.3) is 0 Å². The fraction of sp³-hybridized carbons (Fsp3) is 0. The molecule has 2 aromatic rings. The Balaban J connectivity index is 2.21. The minimum atomic E-state index is -0.395. The fourth-order valence-electron chi connectivity index (χ4n) is 1.59. The van der Waals surface area contributed by atoms with E-state index in [2.05, 4.69) is 0 Å². The molecule has 0 unspecified atom stereocenters. The van der Waals surface area contributed by atoms with Crippen LogP contribution in [0.2, 0.25) is 5.02 Å². The zero-order valence-corrected chi connectivity index (χ0v) is 11.0. The average molecular weight is 291 g/mol. The van der Waals surface area contributed by atoms with Gasteiger partial charge in [-0.1, -0.05) is 17.7 Å². The lowest BCUT2D eigenvalue weighted by Crippen LogP contribution is -1.92. The highest BCUT2D eigenvalue weighted by Crippen LogP contribution is 2.34. The number of carbonyl (C=O) groups excluding carboxylic acids is 1. The Hall–Kier alpha value is -2.46. The van der Waals surface area contributed by atoms with Crippen LogP contribution in [-0.4, -0.2) is 21.1 Å². The molecule has 20 heavy (non-hydrogen) atoms. The van der Waals surface area contributed by atoms with Crippen LogP contribution in [-0.2, 0) is 0 Å². The molecule has 0 saturated heterocycles. The lowest BCUT2D eigenvalue weighted by Gasteiger charge is -2.02. The van der Waals surface area contributed by atoms with Gasteiger partial charge in [0.05, 0.1) is 5.02 Å². The lowest BCUT2D eigenvalue weighted by molar-refractivity contribution is 0.104. The van der Waals surface area contributed by atoms with Crippen molar-refractivity contribution >= 4 is 23.5 Å². The summed E-state index contributed by atoms with van der Waals surface area (Å²) in [5.74, 6) is -0.919. The Bertz CT molecular complexity index is 652. The number of rotatable bonds is 3. The summed E-state index contributed by atoms with van der Waals surface area (Å²) >= 11 is 5.71. The molecule has 3 N–H and O–H groups in total. The van der Waals surface area contributed by atoms with Gasteiger partial charge in [-0.05, 0) is 48.0 Å². The van der Waals surface area contributed by atoms with E-state index in [9.17, 15) is 15.0 Å². The minimum absolute atomic E-state index is 0.00160. The van der Waals surface area contributed by atoms with Crippen molar-refractivity contribution in [1.82, 2.24) is 0 Å². The first-order valence-corrected chi connectivity index (χ1v) is 6.08. The first-order chi connectivity index (χ1) is 9.47. The van der Waals surface area contributed by atoms with Gasteiger partial charge in [0.2, 0.25) is 0 Å². The number of ketones is 1. The number of hydrogen-bond acceptors (Lipinski definition) is 4. The van der Waals surface area contributed by atoms with E-state index in [4.69, 9.17) is 16.7 Å². The normalized spacial score (nSPS) is 10.8. The van der Waals surface area contributed by atoms with Crippen molar-refractivity contribution < 1.29 is 20.1 Å². The third kappa shape index (κ3) is 3.10. The topological polar surface area (TPSA) is 77.8 Å². The van der Waals surface area contributed by atoms with Crippen LogP contribution in [0.25, 0.3) is 6.08 Å². The Morgan fingerprint density at radius 2 is 1.70 bits per heavy atom. The molecule has 0 spiro atoms. The molecule has 0 saturated carbocycles. The largest absolute Gasteiger partial charge is 0.508 e. The predicted octanol–water partition coefficient (Wildman–Crippen LogP) is 3.35. The van der Waals surface area contributed by atoms with Crippen molar-refractivity contribution in [3.8, 4) is 17.2 Å². The van der Waals surface area contributed by atoms with Crippen LogP contribution in [0.1, 0.15) is 15.9 Å². The van der Waals surface area contributed by atoms with Gasteiger partial charge in [0.1, 0.15) is 5.75 Å². The second-order valence-corrected chi connectivity index (χ2v) is 4.52. The number of halogens is 1. The van der Waals surface area contributed by atoms with Crippen molar-refractivity contribution in [2.45, 2.75) is 0 Å². The van der Waals surface area contributed by atoms with Gasteiger partial charge in [-0.15, -0.1) is 0 Å². The number of phenols is 3. The molecule has 0 amide bonds. The van der Waals surface area contributed by atoms with Gasteiger partial charge in [-0.2, -0.15) is 0 Å². The summed E-state index contributed by atoms with van der Waals surface area (Å²) < 4.78 is 0. The third-order valence-corrected chi connectivity index (χ3v) is 2.93. The molecular weight excluding hydrogens is 280 g/mol. The first-order valence-electron chi connectivity index (χ1n) is 5.70. The molecule has 4 nitrogen and oxygen atoms in total. The standard InChI is InChI=1S/C15H11ClO4/c16-12-7-9(8-14(19)15(12)20)1-6-13(18)10-2-4-11(17)5-3-10/h1-8,17,19-20H/b6-1+. The highest BCUT2D eigenvalue weighted by atomic mass is 35.5. The second-order valence-electron chi connectivity index (χ2n) is 4.11. The van der Waals surface area contributed by atoms with Crippen molar-refractivity contribution in [1.29, 1.82) is 0 Å². The number of allylic oxidation sites excluding steroid dienone is 1. The van der Waals surface area contributed by atoms with Gasteiger partial charge < -0.3 is 15.3 Å². The van der Waals surface area contributed by atoms with E-state index in [1.807, 2.05) is 0 Å². The number of phenolic OH excluding ortho intramolecular Hbond substituents is 3. The molecule has 0 aromatic heterocycles. The SMILES string of the molecule is O=C(/C=C/c1cc(O)c(O)c(Cl)c1)c1ccc(O)cc1. The molecule has 0 atom stereocenters. The van der Waals surface area contributed by atoms with Crippen LogP contribution in [0.15, 0.2) is 42.5 Å². The van der Waals surface area contributed by atoms with Crippen molar-refractivity contribution in [2.24, 2.45) is 0 Å². The van der Waals surface area contributed by atoms with Gasteiger partial charge in [-0.3, -0.25) is 4.79 Å². The summed E-state index contributed by atoms with van der Waals surface area (Å²) in [5, 5.41) is 27.9. The predicted molar refractivity (Wildman–Crippen MR) is 76.3 cm³/mol. The smallest absolute Gasteiger partial charge is 0.185 e. The molecule has 0 fully saturated rings. The monoisotopic (exact) mass is 290 g/mol. The number of hydrogen-bond donors (Lipinski definition) is 3. The molecule has 0 heterocycles. The maximum Gasteiger partial charge on any atom is 0.185 e. The molecule has 0 aliphatic rings. The van der Waals surface area contributed by atoms with Crippen LogP contribution < -0.4 is 0 Å². The maximum atomic E-state index is 11.9. The van der Waals surface area contributed by atoms with E-state index in [0.717, 1.165) is 0 Å². The Morgan fingerprint density at radius 1 is 1.05 bits per heavy atom. The molecule has 0 aliphatic carbocycles. The molecular formula is C15H11ClO4. The zero-order valence-electron chi connectivity index (χ0n) is 10.2. The van der Waals surface area contributed by atoms with Crippen LogP contribution in [0.4, 0.5) is 0 Å². The molecule has 0 bridgehead atoms. The number of carbonyl (C=O) groups is 1. The summed E-state index contributed by atoms with van der Waals surface area (Å²) in [4.78, 5) is 11.9. The third-order valence-electron chi connectivity index (χ3n) is 2.64. The van der Waals surface area contributed by atoms with E-state index in [1.54, 1.807) is 0 Å². The van der Waals surface area contributed by atoms with Gasteiger partial charge in [0, 0.05) is 5.56 Å². The van der Waals surface area contributed by atoms with E-state index < -0.39 is 5.75 Å². The zero-order chi connectivity index (χ0) is 14.7. The minimum Gasteiger partial charge on any atom is -0.508 e. The van der Waals surface area contributed by atoms with Gasteiger partial charge in [0.15, 0.2) is 17.3 Å². The summed E-state index contributed by atoms with van der Waals surface area (Å²) in [6.45, 7) is 0. The quantitative estimate of drug-likeness (QED) is 0.460. The van der Waals surface area contributed by atoms with Crippen LogP contribution in [0.3, 0.4) is 0 Å². The molecule has 0 radical (unpaired) electrons. The summed E-state index contributed by atoms with van der Waals surface area (Å²) in [6.07, 6.45) is 2.79. The lowest BCUT2D eigenvalue weighted by atomic mass is 10.1. The van der Waals surface area contributed by atoms with Crippen molar-refractivity contribution in [2.75, 3.05) is 0 Å². The average Bonchev–Trinajstić information content (AvgIpc) is 2.42. The molecule has 2 rings (SSSR count). The van der Waals surface area contributed by atoms with E-state index in [1.165, 1.54) is 48.6 Å². The summed E-state index contributed by atoms with van der Waals surface area (Å²) in [7, 11) is 0. The van der Waals surface area contributed by atoms with Crippen molar-refractivity contribution in [3.63, 3.8) is 0 Å². The highest BCUT2D eigenvalue weighted by Gasteiger charge is 2.06. The Kier molecular flexibility index (Phi) is 3.96. The second kappa shape index (κ2) is 5.67. The number of benzene rings is 2. The first kappa shape index (κ1) is 14.0. The van der Waals surface area contributed by atoms with Gasteiger partial charge in [-0.25, -0.2) is 0 Å². The molecule has 0 aliphatic heterocycles. The van der Waals surface area contributed by atoms with Crippen LogP contribution >= 0.6 is 11.6 Å². The van der Waals surface area contributed by atoms with E-state index >= 15 is 0 Å². The van der Waals surface area contributed by atoms with Crippen LogP contribution in [0.5, 0.6) is 17.2 Å². The summed E-state index contributed by atoms with van der Waals surface area (Å²) in [5.41, 5.74) is 0.908. The van der Waals surface area contributed by atoms with Crippen molar-refractivity contribution in [3.05, 3.63) is 58.6 Å². The molecule has 2 aromatic carbocycles. The van der Waals surface area contributed by atoms with Crippen LogP contribution in [0, 0.1) is 0 Å². The number of aromatic hydroxyl groups is 3. The van der Waals surface area contributed by atoms with Gasteiger partial charge >= 0.3 is 0 Å². The fourth-order valence-corrected chi connectivity index (χ4v) is 1.82. The van der Waals surface area contributed by atoms with E-state index in [-0.39, 0.29) is 22.3 Å². The van der Waals surface area contributed by atoms with E-state index in [0.29, 0.717) is 11.1 Å². The Labute approximate surface area is 120 Å². The molecule has 102 valence electrons. The Morgan fingerprint density at radius 3 is 2.30 bits per heavy atom. The summed E-state index contributed by atoms with van der Waals surface area (Å²) in [6, 6.07) is 8.57. The highest BCUT2D eigenvalue weighted by molar-refractivity contribution is 6.32. The molecule has 5 heteroatoms. The maximum absolute atomic E-state index is 11.9.